The van der Waals surface area contributed by atoms with Crippen LogP contribution in [0.3, 0.4) is 0 Å². The van der Waals surface area contributed by atoms with E-state index in [2.05, 4.69) is 4.74 Å². The number of nitrogens with zero attached hydrogens (tertiary/aromatic N) is 2. The summed E-state index contributed by atoms with van der Waals surface area (Å²) in [5.41, 5.74) is -0.167. The Kier molecular flexibility index (Phi) is 5.16. The maximum Gasteiger partial charge on any atom is 0.339 e. The fourth-order valence-electron chi connectivity index (χ4n) is 2.06. The molecule has 0 bridgehead atoms. The molecule has 0 aliphatic heterocycles. The van der Waals surface area contributed by atoms with Gasteiger partial charge in [-0.2, -0.15) is 5.26 Å². The molecule has 0 aliphatic carbocycles. The highest BCUT2D eigenvalue weighted by Crippen LogP contribution is 2.18. The normalized spacial score (nSPS) is 11.6. The van der Waals surface area contributed by atoms with E-state index in [1.54, 1.807) is 30.3 Å². The number of rotatable bonds is 4. The minimum absolute atomic E-state index is 0.0620. The minimum atomic E-state index is -0.996. The summed E-state index contributed by atoms with van der Waals surface area (Å²) >= 11 is 5.79. The van der Waals surface area contributed by atoms with E-state index >= 15 is 0 Å². The highest BCUT2D eigenvalue weighted by molar-refractivity contribution is 6.30. The zero-order valence-electron chi connectivity index (χ0n) is 12.2. The van der Waals surface area contributed by atoms with Crippen LogP contribution < -0.4 is 5.56 Å². The summed E-state index contributed by atoms with van der Waals surface area (Å²) < 4.78 is 5.71. The first-order chi connectivity index (χ1) is 11.0. The molecule has 1 aromatic heterocycles. The van der Waals surface area contributed by atoms with E-state index in [0.29, 0.717) is 10.6 Å². The van der Waals surface area contributed by atoms with Crippen molar-refractivity contribution in [1.29, 1.82) is 5.26 Å². The molecule has 23 heavy (non-hydrogen) atoms. The number of carbonyl (C=O) groups is 1. The van der Waals surface area contributed by atoms with Gasteiger partial charge in [-0.25, -0.2) is 4.79 Å². The summed E-state index contributed by atoms with van der Waals surface area (Å²) in [6.07, 6.45) is 0.262. The first-order valence-electron chi connectivity index (χ1n) is 6.62. The highest BCUT2D eigenvalue weighted by Gasteiger charge is 2.15. The molecule has 118 valence electrons. The van der Waals surface area contributed by atoms with Gasteiger partial charge in [-0.15, -0.1) is 0 Å². The molecule has 0 saturated carbocycles. The average Bonchev–Trinajstić information content (AvgIpc) is 2.56. The van der Waals surface area contributed by atoms with Crippen LogP contribution >= 0.6 is 11.6 Å². The SMILES string of the molecule is COC(=O)c1cc(C#N)c(=O)n(C[C@@H](O)c2ccc(Cl)cc2)c1. The largest absolute Gasteiger partial charge is 0.465 e. The van der Waals surface area contributed by atoms with E-state index < -0.39 is 17.6 Å². The lowest BCUT2D eigenvalue weighted by molar-refractivity contribution is 0.0598. The molecule has 7 heteroatoms. The molecule has 0 radical (unpaired) electrons. The van der Waals surface area contributed by atoms with Crippen molar-refractivity contribution in [3.05, 3.63) is 68.6 Å². The van der Waals surface area contributed by atoms with Gasteiger partial charge in [-0.3, -0.25) is 4.79 Å². The molecule has 0 aliphatic rings. The molecule has 0 amide bonds. The average molecular weight is 333 g/mol. The van der Waals surface area contributed by atoms with Crippen LogP contribution in [0.15, 0.2) is 41.3 Å². The van der Waals surface area contributed by atoms with Crippen molar-refractivity contribution in [3.63, 3.8) is 0 Å². The van der Waals surface area contributed by atoms with Gasteiger partial charge in [0.25, 0.3) is 5.56 Å². The standard InChI is InChI=1S/C16H13ClN2O4/c1-23-16(22)12-6-11(7-18)15(21)19(8-12)9-14(20)10-2-4-13(17)5-3-10/h2-6,8,14,20H,9H2,1H3/t14-/m1/s1. The van der Waals surface area contributed by atoms with Gasteiger partial charge < -0.3 is 14.4 Å². The number of hydrogen-bond acceptors (Lipinski definition) is 5. The molecule has 1 atom stereocenters. The number of ether oxygens (including phenoxy) is 1. The van der Waals surface area contributed by atoms with Gasteiger partial charge >= 0.3 is 5.97 Å². The van der Waals surface area contributed by atoms with Crippen LogP contribution in [0.2, 0.25) is 5.02 Å². The molecule has 6 nitrogen and oxygen atoms in total. The van der Waals surface area contributed by atoms with E-state index in [-0.39, 0.29) is 17.7 Å². The van der Waals surface area contributed by atoms with Crippen LogP contribution in [-0.4, -0.2) is 22.8 Å². The van der Waals surface area contributed by atoms with E-state index in [0.717, 1.165) is 4.57 Å². The van der Waals surface area contributed by atoms with Crippen molar-refractivity contribution in [2.75, 3.05) is 7.11 Å². The quantitative estimate of drug-likeness (QED) is 0.863. The molecule has 0 saturated heterocycles. The van der Waals surface area contributed by atoms with Crippen LogP contribution in [0.25, 0.3) is 0 Å². The second-order valence-electron chi connectivity index (χ2n) is 4.77. The van der Waals surface area contributed by atoms with Crippen molar-refractivity contribution in [2.45, 2.75) is 12.6 Å². The highest BCUT2D eigenvalue weighted by atomic mass is 35.5. The van der Waals surface area contributed by atoms with Crippen molar-refractivity contribution < 1.29 is 14.6 Å². The maximum absolute atomic E-state index is 12.1. The van der Waals surface area contributed by atoms with Gasteiger partial charge in [0.05, 0.1) is 25.3 Å². The van der Waals surface area contributed by atoms with Crippen molar-refractivity contribution >= 4 is 17.6 Å². The summed E-state index contributed by atoms with van der Waals surface area (Å²) in [5, 5.41) is 19.8. The fraction of sp³-hybridized carbons (Fsp3) is 0.188. The van der Waals surface area contributed by atoms with Crippen LogP contribution in [0, 0.1) is 11.3 Å². The number of aromatic nitrogens is 1. The van der Waals surface area contributed by atoms with E-state index in [1.165, 1.54) is 19.4 Å². The second-order valence-corrected chi connectivity index (χ2v) is 5.21. The van der Waals surface area contributed by atoms with Crippen LogP contribution in [0.4, 0.5) is 0 Å². The van der Waals surface area contributed by atoms with Crippen LogP contribution in [0.5, 0.6) is 0 Å². The maximum atomic E-state index is 12.1. The Morgan fingerprint density at radius 1 is 1.43 bits per heavy atom. The second kappa shape index (κ2) is 7.09. The number of aliphatic hydroxyl groups excluding tert-OH is 1. The van der Waals surface area contributed by atoms with Crippen LogP contribution in [-0.2, 0) is 11.3 Å². The number of esters is 1. The molecule has 0 unspecified atom stereocenters. The fourth-order valence-corrected chi connectivity index (χ4v) is 2.18. The lowest BCUT2D eigenvalue weighted by Gasteiger charge is -2.14. The van der Waals surface area contributed by atoms with Gasteiger partial charge in [0, 0.05) is 11.2 Å². The van der Waals surface area contributed by atoms with Crippen LogP contribution in [0.1, 0.15) is 27.6 Å². The number of nitriles is 1. The molecule has 1 aromatic carbocycles. The molecule has 2 rings (SSSR count). The number of aliphatic hydroxyl groups is 1. The summed E-state index contributed by atoms with van der Waals surface area (Å²) in [4.78, 5) is 23.8. The van der Waals surface area contributed by atoms with Gasteiger partial charge in [0.15, 0.2) is 0 Å². The molecular weight excluding hydrogens is 320 g/mol. The summed E-state index contributed by atoms with van der Waals surface area (Å²) in [5.74, 6) is -0.670. The molecule has 1 heterocycles. The molecule has 2 aromatic rings. The first-order valence-corrected chi connectivity index (χ1v) is 7.00. The van der Waals surface area contributed by atoms with Crippen molar-refractivity contribution in [2.24, 2.45) is 0 Å². The Morgan fingerprint density at radius 2 is 2.09 bits per heavy atom. The summed E-state index contributed by atoms with van der Waals surface area (Å²) in [6, 6.07) is 9.41. The lowest BCUT2D eigenvalue weighted by atomic mass is 10.1. The molecule has 1 N–H and O–H groups in total. The van der Waals surface area contributed by atoms with Gasteiger partial charge in [0.2, 0.25) is 0 Å². The number of pyridine rings is 1. The van der Waals surface area contributed by atoms with Gasteiger partial charge in [-0.05, 0) is 23.8 Å². The third-order valence-corrected chi connectivity index (χ3v) is 3.50. The zero-order valence-corrected chi connectivity index (χ0v) is 12.9. The van der Waals surface area contributed by atoms with E-state index in [4.69, 9.17) is 16.9 Å². The third-order valence-electron chi connectivity index (χ3n) is 3.25. The smallest absolute Gasteiger partial charge is 0.339 e. The molecule has 0 fully saturated rings. The number of carbonyl (C=O) groups excluding carboxylic acids is 1. The van der Waals surface area contributed by atoms with Gasteiger partial charge in [0.1, 0.15) is 11.6 Å². The predicted octanol–water partition coefficient (Wildman–Crippen LogP) is 1.89. The summed E-state index contributed by atoms with van der Waals surface area (Å²) in [7, 11) is 1.20. The van der Waals surface area contributed by atoms with E-state index in [9.17, 15) is 14.7 Å². The third kappa shape index (κ3) is 3.77. The number of hydrogen-bond donors (Lipinski definition) is 1. The summed E-state index contributed by atoms with van der Waals surface area (Å²) in [6.45, 7) is -0.111. The Labute approximate surface area is 137 Å². The lowest BCUT2D eigenvalue weighted by Crippen LogP contribution is -2.26. The van der Waals surface area contributed by atoms with Crippen molar-refractivity contribution in [1.82, 2.24) is 4.57 Å². The number of benzene rings is 1. The first kappa shape index (κ1) is 16.7. The zero-order chi connectivity index (χ0) is 17.0. The number of halogens is 1. The molecule has 0 spiro atoms. The van der Waals surface area contributed by atoms with Crippen molar-refractivity contribution in [3.8, 4) is 6.07 Å². The Balaban J connectivity index is 2.38. The van der Waals surface area contributed by atoms with E-state index in [1.807, 2.05) is 0 Å². The Morgan fingerprint density at radius 3 is 2.65 bits per heavy atom. The van der Waals surface area contributed by atoms with Gasteiger partial charge in [-0.1, -0.05) is 23.7 Å². The number of methoxy groups -OCH3 is 1. The predicted molar refractivity (Wildman–Crippen MR) is 83.2 cm³/mol. The Bertz CT molecular complexity index is 821. The monoisotopic (exact) mass is 332 g/mol. The minimum Gasteiger partial charge on any atom is -0.465 e. The Hall–Kier alpha value is -2.62. The molecular formula is C16H13ClN2O4. The topological polar surface area (TPSA) is 92.3 Å².